The minimum Gasteiger partial charge on any atom is -0.493 e. The third-order valence-electron chi connectivity index (χ3n) is 4.58. The number of thioether (sulfide) groups is 1. The van der Waals surface area contributed by atoms with Gasteiger partial charge < -0.3 is 10.5 Å². The SMILES string of the molecule is CC(C)(C)c1ccc(OCCCSc2ncc3sc(N)nc3n2)c(C(C)(C)C)c1. The van der Waals surface area contributed by atoms with Crippen molar-refractivity contribution in [2.75, 3.05) is 18.1 Å². The van der Waals surface area contributed by atoms with Crippen LogP contribution in [0.4, 0.5) is 5.13 Å². The van der Waals surface area contributed by atoms with Crippen LogP contribution in [0.15, 0.2) is 29.6 Å². The quantitative estimate of drug-likeness (QED) is 0.301. The molecule has 29 heavy (non-hydrogen) atoms. The smallest absolute Gasteiger partial charge is 0.189 e. The maximum atomic E-state index is 6.16. The van der Waals surface area contributed by atoms with E-state index >= 15 is 0 Å². The van der Waals surface area contributed by atoms with Crippen LogP contribution in [0.5, 0.6) is 5.75 Å². The Balaban J connectivity index is 1.58. The number of hydrogen-bond donors (Lipinski definition) is 1. The molecule has 156 valence electrons. The second-order valence-corrected chi connectivity index (χ2v) is 11.3. The van der Waals surface area contributed by atoms with Crippen molar-refractivity contribution in [2.24, 2.45) is 0 Å². The Kier molecular flexibility index (Phi) is 6.39. The van der Waals surface area contributed by atoms with E-state index in [1.807, 2.05) is 0 Å². The van der Waals surface area contributed by atoms with Crippen molar-refractivity contribution in [3.05, 3.63) is 35.5 Å². The highest BCUT2D eigenvalue weighted by atomic mass is 32.2. The summed E-state index contributed by atoms with van der Waals surface area (Å²) in [4.78, 5) is 13.1. The standard InChI is InChI=1S/C22H30N4OS2/c1-21(2,3)14-8-9-16(15(12-14)22(4,5)6)27-10-7-11-28-20-24-13-17-18(26-20)25-19(23)29-17/h8-9,12-13H,7,10-11H2,1-6H3,(H2,23,24,25,26). The van der Waals surface area contributed by atoms with Gasteiger partial charge in [0.2, 0.25) is 0 Å². The lowest BCUT2D eigenvalue weighted by molar-refractivity contribution is 0.309. The Morgan fingerprint density at radius 1 is 1.07 bits per heavy atom. The topological polar surface area (TPSA) is 73.9 Å². The fourth-order valence-electron chi connectivity index (χ4n) is 2.92. The number of nitrogens with two attached hydrogens (primary N) is 1. The highest BCUT2D eigenvalue weighted by molar-refractivity contribution is 7.99. The molecule has 2 N–H and O–H groups in total. The van der Waals surface area contributed by atoms with Gasteiger partial charge in [-0.1, -0.05) is 76.8 Å². The summed E-state index contributed by atoms with van der Waals surface area (Å²) in [7, 11) is 0. The molecule has 0 bridgehead atoms. The molecule has 2 heterocycles. The van der Waals surface area contributed by atoms with E-state index in [1.165, 1.54) is 22.5 Å². The maximum Gasteiger partial charge on any atom is 0.189 e. The monoisotopic (exact) mass is 430 g/mol. The fraction of sp³-hybridized carbons (Fsp3) is 0.500. The van der Waals surface area contributed by atoms with Gasteiger partial charge in [0.15, 0.2) is 15.9 Å². The number of nitrogens with zero attached hydrogens (tertiary/aromatic N) is 3. The highest BCUT2D eigenvalue weighted by Gasteiger charge is 2.23. The number of thiazole rings is 1. The molecule has 5 nitrogen and oxygen atoms in total. The maximum absolute atomic E-state index is 6.16. The summed E-state index contributed by atoms with van der Waals surface area (Å²) in [5.74, 6) is 1.86. The van der Waals surface area contributed by atoms with Crippen LogP contribution in [0.3, 0.4) is 0 Å². The third kappa shape index (κ3) is 5.60. The first-order valence-corrected chi connectivity index (χ1v) is 11.6. The van der Waals surface area contributed by atoms with Gasteiger partial charge in [-0.3, -0.25) is 0 Å². The molecule has 0 unspecified atom stereocenters. The molecule has 0 aliphatic heterocycles. The molecule has 0 amide bonds. The van der Waals surface area contributed by atoms with Crippen molar-refractivity contribution in [2.45, 2.75) is 63.9 Å². The molecule has 0 saturated heterocycles. The summed E-state index contributed by atoms with van der Waals surface area (Å²) in [6.07, 6.45) is 2.71. The number of hydrogen-bond acceptors (Lipinski definition) is 7. The average Bonchev–Trinajstić information content (AvgIpc) is 2.99. The van der Waals surface area contributed by atoms with Crippen molar-refractivity contribution in [3.63, 3.8) is 0 Å². The van der Waals surface area contributed by atoms with Crippen molar-refractivity contribution in [1.29, 1.82) is 0 Å². The van der Waals surface area contributed by atoms with E-state index in [-0.39, 0.29) is 10.8 Å². The highest BCUT2D eigenvalue weighted by Crippen LogP contribution is 2.35. The molecule has 3 aromatic rings. The van der Waals surface area contributed by atoms with Crippen LogP contribution >= 0.6 is 23.1 Å². The number of anilines is 1. The van der Waals surface area contributed by atoms with E-state index in [0.29, 0.717) is 17.4 Å². The summed E-state index contributed by atoms with van der Waals surface area (Å²) < 4.78 is 7.08. The van der Waals surface area contributed by atoms with Gasteiger partial charge in [-0.2, -0.15) is 0 Å². The average molecular weight is 431 g/mol. The zero-order valence-corrected chi connectivity index (χ0v) is 19.7. The molecule has 0 radical (unpaired) electrons. The molecule has 0 saturated carbocycles. The molecule has 3 rings (SSSR count). The van der Waals surface area contributed by atoms with Gasteiger partial charge in [-0.05, 0) is 34.4 Å². The zero-order valence-electron chi connectivity index (χ0n) is 18.1. The molecule has 0 aliphatic carbocycles. The van der Waals surface area contributed by atoms with Crippen LogP contribution in [-0.2, 0) is 10.8 Å². The number of ether oxygens (including phenoxy) is 1. The Morgan fingerprint density at radius 2 is 1.83 bits per heavy atom. The first-order chi connectivity index (χ1) is 13.5. The number of benzene rings is 1. The lowest BCUT2D eigenvalue weighted by Gasteiger charge is -2.27. The van der Waals surface area contributed by atoms with E-state index in [0.717, 1.165) is 27.8 Å². The normalized spacial score (nSPS) is 12.5. The van der Waals surface area contributed by atoms with Gasteiger partial charge >= 0.3 is 0 Å². The van der Waals surface area contributed by atoms with Gasteiger partial charge in [0.25, 0.3) is 0 Å². The van der Waals surface area contributed by atoms with Crippen molar-refractivity contribution < 1.29 is 4.74 Å². The second kappa shape index (κ2) is 8.48. The van der Waals surface area contributed by atoms with Crippen molar-refractivity contribution in [1.82, 2.24) is 15.0 Å². The third-order valence-corrected chi connectivity index (χ3v) is 6.33. The van der Waals surface area contributed by atoms with Gasteiger partial charge in [-0.25, -0.2) is 15.0 Å². The van der Waals surface area contributed by atoms with E-state index < -0.39 is 0 Å². The predicted octanol–water partition coefficient (Wildman–Crippen LogP) is 5.82. The van der Waals surface area contributed by atoms with E-state index in [2.05, 4.69) is 74.7 Å². The lowest BCUT2D eigenvalue weighted by Crippen LogP contribution is -2.18. The zero-order chi connectivity index (χ0) is 21.2. The molecular weight excluding hydrogens is 400 g/mol. The van der Waals surface area contributed by atoms with Gasteiger partial charge in [0.1, 0.15) is 5.75 Å². The summed E-state index contributed by atoms with van der Waals surface area (Å²) in [5.41, 5.74) is 9.15. The summed E-state index contributed by atoms with van der Waals surface area (Å²) in [5, 5.41) is 1.25. The molecule has 0 aliphatic rings. The van der Waals surface area contributed by atoms with Crippen LogP contribution in [-0.4, -0.2) is 27.3 Å². The number of aromatic nitrogens is 3. The molecule has 0 fully saturated rings. The number of rotatable bonds is 6. The lowest BCUT2D eigenvalue weighted by atomic mass is 9.80. The predicted molar refractivity (Wildman–Crippen MR) is 124 cm³/mol. The Morgan fingerprint density at radius 3 is 2.52 bits per heavy atom. The van der Waals surface area contributed by atoms with Crippen LogP contribution < -0.4 is 10.5 Å². The summed E-state index contributed by atoms with van der Waals surface area (Å²) in [6, 6.07) is 6.60. The molecular formula is C22H30N4OS2. The summed E-state index contributed by atoms with van der Waals surface area (Å²) >= 11 is 3.03. The number of nitrogen functional groups attached to an aromatic ring is 1. The summed E-state index contributed by atoms with van der Waals surface area (Å²) in [6.45, 7) is 14.1. The Hall–Kier alpha value is -1.86. The molecule has 0 atom stereocenters. The minimum absolute atomic E-state index is 0.0317. The van der Waals surface area contributed by atoms with Gasteiger partial charge in [-0.15, -0.1) is 0 Å². The minimum atomic E-state index is 0.0317. The Bertz CT molecular complexity index is 987. The largest absolute Gasteiger partial charge is 0.493 e. The molecule has 2 aromatic heterocycles. The first kappa shape index (κ1) is 21.8. The van der Waals surface area contributed by atoms with E-state index in [4.69, 9.17) is 10.5 Å². The molecule has 1 aromatic carbocycles. The number of fused-ring (bicyclic) bond motifs is 1. The second-order valence-electron chi connectivity index (χ2n) is 9.15. The molecule has 7 heteroatoms. The van der Waals surface area contributed by atoms with Gasteiger partial charge in [0, 0.05) is 5.75 Å². The van der Waals surface area contributed by atoms with Crippen LogP contribution in [0, 0.1) is 0 Å². The van der Waals surface area contributed by atoms with Crippen LogP contribution in [0.1, 0.15) is 59.1 Å². The van der Waals surface area contributed by atoms with E-state index in [1.54, 1.807) is 18.0 Å². The Labute approximate surface area is 181 Å². The first-order valence-electron chi connectivity index (χ1n) is 9.84. The van der Waals surface area contributed by atoms with E-state index in [9.17, 15) is 0 Å². The van der Waals surface area contributed by atoms with Crippen LogP contribution in [0.25, 0.3) is 10.3 Å². The van der Waals surface area contributed by atoms with Crippen LogP contribution in [0.2, 0.25) is 0 Å². The molecule has 0 spiro atoms. The van der Waals surface area contributed by atoms with Crippen molar-refractivity contribution in [3.8, 4) is 5.75 Å². The van der Waals surface area contributed by atoms with Gasteiger partial charge in [0.05, 0.1) is 17.5 Å². The van der Waals surface area contributed by atoms with Crippen molar-refractivity contribution >= 4 is 38.6 Å². The fourth-order valence-corrected chi connectivity index (χ4v) is 4.29.